The van der Waals surface area contributed by atoms with Gasteiger partial charge in [0.25, 0.3) is 0 Å². The third kappa shape index (κ3) is 4.82. The minimum atomic E-state index is -0.932. The first-order valence-corrected chi connectivity index (χ1v) is 18.2. The van der Waals surface area contributed by atoms with Gasteiger partial charge in [0.1, 0.15) is 4.08 Å². The number of aromatic nitrogens is 1. The van der Waals surface area contributed by atoms with E-state index in [1.807, 2.05) is 34.6 Å². The van der Waals surface area contributed by atoms with Crippen LogP contribution in [0.4, 0.5) is 10.5 Å². The van der Waals surface area contributed by atoms with Gasteiger partial charge in [0, 0.05) is 61.4 Å². The van der Waals surface area contributed by atoms with Gasteiger partial charge in [-0.15, -0.1) is 4.73 Å². The number of hydrogen-bond donors (Lipinski definition) is 3. The molecule has 1 amide bonds. The molecule has 3 N–H and O–H groups in total. The van der Waals surface area contributed by atoms with Crippen LogP contribution in [-0.2, 0) is 12.8 Å². The molecule has 250 valence electrons. The number of allylic oxidation sites excluding steroid dienone is 4. The minimum absolute atomic E-state index is 0.399. The van der Waals surface area contributed by atoms with E-state index in [1.54, 1.807) is 40.2 Å². The Morgan fingerprint density at radius 3 is 2.02 bits per heavy atom. The lowest BCUT2D eigenvalue weighted by molar-refractivity contribution is 0.110. The number of benzene rings is 1. The molecule has 0 fully saturated rings. The zero-order valence-electron chi connectivity index (χ0n) is 28.5. The van der Waals surface area contributed by atoms with Crippen LogP contribution in [0.2, 0.25) is 0 Å². The molecule has 1 unspecified atom stereocenters. The van der Waals surface area contributed by atoms with Gasteiger partial charge in [-0.25, -0.2) is 4.79 Å². The Balaban J connectivity index is 1.73. The molecule has 1 atom stereocenters. The SMILES string of the molecule is C=C(C)C1=C(C(=C)C)SC2(S1)C(C(=C)C)=C(C(=C)C)SC1=C2c2cc3c(c(C)c2N(C(=O)On2c(O)ccc2O)C1(C)CC)CC(=N)C3. The van der Waals surface area contributed by atoms with Gasteiger partial charge in [-0.2, -0.15) is 0 Å². The summed E-state index contributed by atoms with van der Waals surface area (Å²) in [5, 5.41) is 29.5. The van der Waals surface area contributed by atoms with Crippen molar-refractivity contribution in [1.82, 2.24) is 4.73 Å². The standard InChI is InChI=1S/C38H41N3O4S3/c1-12-37(11)35-30(38(29(18(2)3)32(46-35)19(4)5)47-33(20(6)7)34(48-38)21(8)9)26-16-23-15-24(39)17-25(23)22(10)31(26)40(37)36(44)45-41-27(42)13-14-28(41)43/h13-14,16,39,42-43H,2,4,6,8,12,15,17H2,1,3,5,7,9-11H3. The predicted octanol–water partition coefficient (Wildman–Crippen LogP) is 9.97. The molecule has 4 aliphatic rings. The Morgan fingerprint density at radius 1 is 0.958 bits per heavy atom. The van der Waals surface area contributed by atoms with Gasteiger partial charge in [-0.3, -0.25) is 4.90 Å². The highest BCUT2D eigenvalue weighted by molar-refractivity contribution is 8.26. The molecule has 0 radical (unpaired) electrons. The largest absolute Gasteiger partial charge is 0.492 e. The molecule has 3 aliphatic heterocycles. The van der Waals surface area contributed by atoms with Crippen molar-refractivity contribution in [2.24, 2.45) is 0 Å². The molecule has 0 saturated heterocycles. The quantitative estimate of drug-likeness (QED) is 0.276. The topological polar surface area (TPSA) is 98.8 Å². The molecule has 0 bridgehead atoms. The summed E-state index contributed by atoms with van der Waals surface area (Å²) in [5.74, 6) is -0.797. The van der Waals surface area contributed by atoms with Crippen LogP contribution < -0.4 is 9.74 Å². The molecule has 48 heavy (non-hydrogen) atoms. The van der Waals surface area contributed by atoms with Crippen molar-refractivity contribution in [2.75, 3.05) is 4.90 Å². The second-order valence-electron chi connectivity index (χ2n) is 13.3. The van der Waals surface area contributed by atoms with Crippen LogP contribution in [0.15, 0.2) is 92.0 Å². The van der Waals surface area contributed by atoms with Crippen LogP contribution in [0.3, 0.4) is 0 Å². The maximum Gasteiger partial charge on any atom is 0.440 e. The number of aromatic hydroxyl groups is 2. The lowest BCUT2D eigenvalue weighted by atomic mass is 9.78. The number of nitrogens with zero attached hydrogens (tertiary/aromatic N) is 2. The van der Waals surface area contributed by atoms with E-state index < -0.39 is 27.5 Å². The minimum Gasteiger partial charge on any atom is -0.492 e. The van der Waals surface area contributed by atoms with Crippen molar-refractivity contribution in [3.8, 4) is 11.8 Å². The van der Waals surface area contributed by atoms with Crippen molar-refractivity contribution in [3.63, 3.8) is 0 Å². The Hall–Kier alpha value is -3.73. The predicted molar refractivity (Wildman–Crippen MR) is 203 cm³/mol. The average Bonchev–Trinajstić information content (AvgIpc) is 3.68. The second-order valence-corrected chi connectivity index (χ2v) is 17.0. The fourth-order valence-corrected chi connectivity index (χ4v) is 12.8. The normalized spacial score (nSPS) is 21.1. The van der Waals surface area contributed by atoms with Crippen LogP contribution in [0.5, 0.6) is 11.8 Å². The zero-order chi connectivity index (χ0) is 35.2. The average molecular weight is 700 g/mol. The van der Waals surface area contributed by atoms with E-state index in [2.05, 4.69) is 46.2 Å². The molecule has 1 aromatic heterocycles. The third-order valence-corrected chi connectivity index (χ3v) is 14.6. The molecule has 6 rings (SSSR count). The Labute approximate surface area is 295 Å². The Morgan fingerprint density at radius 2 is 1.52 bits per heavy atom. The second kappa shape index (κ2) is 11.7. The van der Waals surface area contributed by atoms with Crippen molar-refractivity contribution < 1.29 is 19.8 Å². The van der Waals surface area contributed by atoms with Gasteiger partial charge in [0.2, 0.25) is 11.8 Å². The Bertz CT molecular complexity index is 1980. The van der Waals surface area contributed by atoms with E-state index in [9.17, 15) is 15.0 Å². The smallest absolute Gasteiger partial charge is 0.440 e. The van der Waals surface area contributed by atoms with Crippen LogP contribution in [0, 0.1) is 12.3 Å². The van der Waals surface area contributed by atoms with Crippen LogP contribution >= 0.6 is 35.3 Å². The third-order valence-electron chi connectivity index (χ3n) is 9.48. The molecule has 10 heteroatoms. The van der Waals surface area contributed by atoms with Gasteiger partial charge in [-0.05, 0) is 93.0 Å². The van der Waals surface area contributed by atoms with Crippen molar-refractivity contribution in [3.05, 3.63) is 114 Å². The molecule has 0 saturated carbocycles. The number of nitrogens with one attached hydrogen (secondary N) is 1. The first-order valence-electron chi connectivity index (χ1n) is 15.8. The molecule has 1 spiro atoms. The fourth-order valence-electron chi connectivity index (χ4n) is 7.13. The van der Waals surface area contributed by atoms with E-state index in [1.165, 1.54) is 12.1 Å². The highest BCUT2D eigenvalue weighted by Gasteiger charge is 2.59. The number of carbonyl (C=O) groups excluding carboxylic acids is 1. The molecule has 1 aliphatic carbocycles. The highest BCUT2D eigenvalue weighted by Crippen LogP contribution is 2.73. The number of rotatable bonds is 6. The van der Waals surface area contributed by atoms with E-state index in [0.717, 1.165) is 80.0 Å². The number of amides is 1. The van der Waals surface area contributed by atoms with Crippen LogP contribution in [0.1, 0.15) is 70.2 Å². The summed E-state index contributed by atoms with van der Waals surface area (Å²) in [4.78, 5) is 26.2. The molecule has 7 nitrogen and oxygen atoms in total. The maximum absolute atomic E-state index is 14.6. The highest BCUT2D eigenvalue weighted by atomic mass is 32.2. The first-order chi connectivity index (χ1) is 22.5. The summed E-state index contributed by atoms with van der Waals surface area (Å²) in [6.45, 7) is 31.9. The van der Waals surface area contributed by atoms with E-state index in [0.29, 0.717) is 30.7 Å². The number of carbonyl (C=O) groups is 1. The summed E-state index contributed by atoms with van der Waals surface area (Å²) in [7, 11) is 0. The van der Waals surface area contributed by atoms with Gasteiger partial charge in [0.15, 0.2) is 0 Å². The molecule has 1 aromatic carbocycles. The summed E-state index contributed by atoms with van der Waals surface area (Å²) >= 11 is 5.14. The zero-order valence-corrected chi connectivity index (χ0v) is 31.0. The molecular weight excluding hydrogens is 659 g/mol. The molecule has 4 heterocycles. The summed E-state index contributed by atoms with van der Waals surface area (Å²) in [5.41, 5.74) is 10.2. The number of anilines is 1. The number of hydrogen-bond acceptors (Lipinski definition) is 8. The van der Waals surface area contributed by atoms with E-state index >= 15 is 0 Å². The maximum atomic E-state index is 14.6. The lowest BCUT2D eigenvalue weighted by Gasteiger charge is -2.53. The van der Waals surface area contributed by atoms with E-state index in [-0.39, 0.29) is 0 Å². The monoisotopic (exact) mass is 699 g/mol. The van der Waals surface area contributed by atoms with Gasteiger partial charge >= 0.3 is 6.09 Å². The van der Waals surface area contributed by atoms with Gasteiger partial charge in [-0.1, -0.05) is 74.1 Å². The summed E-state index contributed by atoms with van der Waals surface area (Å²) in [6.07, 6.45) is 0.822. The van der Waals surface area contributed by atoms with Crippen LogP contribution in [0.25, 0.3) is 5.57 Å². The van der Waals surface area contributed by atoms with Crippen molar-refractivity contribution in [1.29, 1.82) is 5.41 Å². The Kier molecular flexibility index (Phi) is 8.33. The summed E-state index contributed by atoms with van der Waals surface area (Å²) < 4.78 is 0.0212. The van der Waals surface area contributed by atoms with E-state index in [4.69, 9.17) is 10.2 Å². The lowest BCUT2D eigenvalue weighted by Crippen LogP contribution is -2.56. The van der Waals surface area contributed by atoms with Gasteiger partial charge in [0.05, 0.1) is 11.2 Å². The molecular formula is C38H41N3O4S3. The van der Waals surface area contributed by atoms with Crippen molar-refractivity contribution >= 4 is 58.4 Å². The fraction of sp³-hybridized carbons (Fsp3) is 0.316. The van der Waals surface area contributed by atoms with Crippen molar-refractivity contribution in [2.45, 2.75) is 77.3 Å². The first kappa shape index (κ1) is 34.1. The van der Waals surface area contributed by atoms with Gasteiger partial charge < -0.3 is 20.5 Å². The molecule has 2 aromatic rings. The van der Waals surface area contributed by atoms with Crippen LogP contribution in [-0.4, -0.2) is 36.4 Å². The summed E-state index contributed by atoms with van der Waals surface area (Å²) in [6, 6.07) is 4.69. The number of fused-ring (bicyclic) bond motifs is 4. The number of thioether (sulfide) groups is 3.